The number of alkyl carbamates (subject to hydrolysis) is 1. The molecule has 0 saturated carbocycles. The molecule has 0 unspecified atom stereocenters. The van der Waals surface area contributed by atoms with Gasteiger partial charge in [0.2, 0.25) is 0 Å². The monoisotopic (exact) mass is 587 g/mol. The number of rotatable bonds is 19. The van der Waals surface area contributed by atoms with E-state index in [4.69, 9.17) is 46.1 Å². The lowest BCUT2D eigenvalue weighted by Crippen LogP contribution is -2.59. The van der Waals surface area contributed by atoms with Gasteiger partial charge in [-0.25, -0.2) is 4.79 Å². The van der Waals surface area contributed by atoms with Crippen LogP contribution < -0.4 is 5.32 Å². The first-order chi connectivity index (χ1) is 16.6. The van der Waals surface area contributed by atoms with Crippen LogP contribution in [0, 0.1) is 0 Å². The number of hydrogen-bond donors (Lipinski definition) is 1. The molecule has 0 aliphatic heterocycles. The Morgan fingerprint density at radius 2 is 0.889 bits per heavy atom. The van der Waals surface area contributed by atoms with Crippen molar-refractivity contribution >= 4 is 28.9 Å². The van der Waals surface area contributed by atoms with E-state index in [9.17, 15) is 18.5 Å². The summed E-state index contributed by atoms with van der Waals surface area (Å²) in [6, 6.07) is 0. The third kappa shape index (κ3) is 13.4. The van der Waals surface area contributed by atoms with E-state index in [-0.39, 0.29) is 19.8 Å². The van der Waals surface area contributed by atoms with Crippen molar-refractivity contribution in [2.75, 3.05) is 81.5 Å². The Bertz CT molecular complexity index is 700. The molecule has 0 aromatic rings. The lowest BCUT2D eigenvalue weighted by molar-refractivity contribution is -0.0306. The summed E-state index contributed by atoms with van der Waals surface area (Å²) >= 11 is 0. The van der Waals surface area contributed by atoms with Crippen LogP contribution in [0.1, 0.15) is 20.8 Å². The van der Waals surface area contributed by atoms with E-state index in [1.165, 1.54) is 42.7 Å². The quantitative estimate of drug-likeness (QED) is 0.217. The normalized spacial score (nSPS) is 13.6. The van der Waals surface area contributed by atoms with Crippen molar-refractivity contribution in [2.45, 2.75) is 31.9 Å². The maximum atomic E-state index is 12.7. The van der Waals surface area contributed by atoms with E-state index in [1.807, 2.05) is 0 Å². The molecule has 0 fully saturated rings. The molecule has 0 aliphatic carbocycles. The summed E-state index contributed by atoms with van der Waals surface area (Å²) in [6.45, 7) is 3.84. The third-order valence-corrected chi connectivity index (χ3v) is 9.15. The van der Waals surface area contributed by atoms with Crippen LogP contribution in [0.5, 0.6) is 0 Å². The van der Waals surface area contributed by atoms with Gasteiger partial charge >= 0.3 is 28.9 Å². The Hall–Kier alpha value is -0.400. The molecule has 18 heteroatoms. The van der Waals surface area contributed by atoms with Crippen molar-refractivity contribution in [3.8, 4) is 0 Å². The highest BCUT2D eigenvalue weighted by atomic mass is 31.2. The molecular weight excluding hydrogens is 547 g/mol. The average Bonchev–Trinajstić information content (AvgIpc) is 2.82. The highest BCUT2D eigenvalue weighted by Crippen LogP contribution is 2.48. The topological polar surface area (TPSA) is 173 Å². The van der Waals surface area contributed by atoms with Crippen LogP contribution in [0.4, 0.5) is 4.79 Å². The molecule has 36 heavy (non-hydrogen) atoms. The van der Waals surface area contributed by atoms with Crippen molar-refractivity contribution in [3.05, 3.63) is 0 Å². The zero-order valence-electron chi connectivity index (χ0n) is 22.3. The van der Waals surface area contributed by atoms with Gasteiger partial charge in [0, 0.05) is 42.7 Å². The zero-order valence-corrected chi connectivity index (χ0v) is 25.0. The van der Waals surface area contributed by atoms with Gasteiger partial charge in [-0.05, 0) is 20.8 Å². The highest BCUT2D eigenvalue weighted by molar-refractivity contribution is 7.54. The van der Waals surface area contributed by atoms with E-state index in [0.717, 1.165) is 0 Å². The highest BCUT2D eigenvalue weighted by Gasteiger charge is 2.38. The van der Waals surface area contributed by atoms with Crippen molar-refractivity contribution in [1.82, 2.24) is 5.32 Å². The smallest absolute Gasteiger partial charge is 0.408 e. The fourth-order valence-corrected chi connectivity index (χ4v) is 4.38. The van der Waals surface area contributed by atoms with Crippen LogP contribution >= 0.6 is 22.8 Å². The Balaban J connectivity index is 5.95. The molecule has 0 aromatic carbocycles. The van der Waals surface area contributed by atoms with E-state index < -0.39 is 59.1 Å². The number of hydrogen-bond acceptors (Lipinski definition) is 14. The van der Waals surface area contributed by atoms with E-state index in [0.29, 0.717) is 0 Å². The Labute approximate surface area is 212 Å². The first kappa shape index (κ1) is 35.6. The van der Waals surface area contributed by atoms with E-state index in [2.05, 4.69) is 5.32 Å². The molecule has 0 bridgehead atoms. The largest absolute Gasteiger partial charge is 0.444 e. The van der Waals surface area contributed by atoms with Gasteiger partial charge in [-0.3, -0.25) is 13.7 Å². The second-order valence-electron chi connectivity index (χ2n) is 8.27. The lowest BCUT2D eigenvalue weighted by atomic mass is 10.0. The van der Waals surface area contributed by atoms with Crippen molar-refractivity contribution < 1.29 is 64.6 Å². The predicted molar refractivity (Wildman–Crippen MR) is 129 cm³/mol. The fourth-order valence-electron chi connectivity index (χ4n) is 2.35. The number of ether oxygens (including phenoxy) is 4. The third-order valence-electron chi connectivity index (χ3n) is 4.32. The van der Waals surface area contributed by atoms with Crippen molar-refractivity contribution in [1.29, 1.82) is 0 Å². The molecule has 0 heterocycles. The Morgan fingerprint density at radius 3 is 1.11 bits per heavy atom. The zero-order chi connectivity index (χ0) is 28.1. The summed E-state index contributed by atoms with van der Waals surface area (Å²) in [6.07, 6.45) is -2.33. The van der Waals surface area contributed by atoms with E-state index in [1.54, 1.807) is 20.8 Å². The molecule has 1 amide bonds. The van der Waals surface area contributed by atoms with Gasteiger partial charge in [0.05, 0.1) is 19.8 Å². The molecule has 0 rings (SSSR count). The first-order valence-corrected chi connectivity index (χ1v) is 15.6. The summed E-state index contributed by atoms with van der Waals surface area (Å²) in [5.74, 6) is 0. The van der Waals surface area contributed by atoms with Gasteiger partial charge in [-0.1, -0.05) is 0 Å². The van der Waals surface area contributed by atoms with Crippen LogP contribution in [0.25, 0.3) is 0 Å². The molecule has 1 N–H and O–H groups in total. The second kappa shape index (κ2) is 15.9. The minimum Gasteiger partial charge on any atom is -0.444 e. The summed E-state index contributed by atoms with van der Waals surface area (Å²) < 4.78 is 88.3. The minimum absolute atomic E-state index is 0.377. The Kier molecular flexibility index (Phi) is 15.7. The fraction of sp³-hybridized carbons (Fsp3) is 0.944. The number of carbonyl (C=O) groups excluding carboxylic acids is 1. The molecular formula is C18H40NO14P3. The lowest BCUT2D eigenvalue weighted by Gasteiger charge is -2.35. The number of nitrogens with one attached hydrogen (secondary N) is 1. The van der Waals surface area contributed by atoms with Gasteiger partial charge in [0.15, 0.2) is 0 Å². The Morgan fingerprint density at radius 1 is 0.611 bits per heavy atom. The molecule has 15 nitrogen and oxygen atoms in total. The standard InChI is InChI=1S/C18H40NO14P3/c1-17(2,3)33-16(20)19-18(10-30-13-34(21,24-4)25-5,11-31-14-35(22,26-6)27-7)12-32-15-36(23,28-8)29-9/h10-15H2,1-9H3,(H,19,20). The SMILES string of the molecule is COP(=O)(COCC(COCP(=O)(OC)OC)(COCP(=O)(OC)OC)NC(=O)OC(C)(C)C)OC. The van der Waals surface area contributed by atoms with Crippen molar-refractivity contribution in [3.63, 3.8) is 0 Å². The molecule has 0 atom stereocenters. The van der Waals surface area contributed by atoms with E-state index >= 15 is 0 Å². The molecule has 0 saturated heterocycles. The van der Waals surface area contributed by atoms with Gasteiger partial charge in [0.1, 0.15) is 30.2 Å². The number of carbonyl (C=O) groups is 1. The maximum Gasteiger partial charge on any atom is 0.408 e. The molecule has 216 valence electrons. The summed E-state index contributed by atoms with van der Waals surface area (Å²) in [5, 5.41) is 2.60. The minimum atomic E-state index is -3.58. The summed E-state index contributed by atoms with van der Waals surface area (Å²) in [7, 11) is -3.61. The van der Waals surface area contributed by atoms with Crippen molar-refractivity contribution in [2.24, 2.45) is 0 Å². The summed E-state index contributed by atoms with van der Waals surface area (Å²) in [5.41, 5.74) is -2.41. The predicted octanol–water partition coefficient (Wildman–Crippen LogP) is 3.63. The molecule has 0 spiro atoms. The maximum absolute atomic E-state index is 12.7. The van der Waals surface area contributed by atoms with Crippen LogP contribution in [-0.2, 0) is 59.8 Å². The molecule has 0 radical (unpaired) electrons. The second-order valence-corrected chi connectivity index (χ2v) is 14.9. The van der Waals surface area contributed by atoms with Gasteiger partial charge in [0.25, 0.3) is 0 Å². The van der Waals surface area contributed by atoms with Crippen LogP contribution in [0.3, 0.4) is 0 Å². The summed E-state index contributed by atoms with van der Waals surface area (Å²) in [4.78, 5) is 12.7. The van der Waals surface area contributed by atoms with Gasteiger partial charge in [-0.2, -0.15) is 0 Å². The molecule has 0 aliphatic rings. The van der Waals surface area contributed by atoms with Crippen LogP contribution in [0.15, 0.2) is 0 Å². The average molecular weight is 587 g/mol. The van der Waals surface area contributed by atoms with Crippen LogP contribution in [0.2, 0.25) is 0 Å². The van der Waals surface area contributed by atoms with Gasteiger partial charge < -0.3 is 51.4 Å². The molecule has 0 aromatic heterocycles. The first-order valence-electron chi connectivity index (χ1n) is 10.4. The van der Waals surface area contributed by atoms with Gasteiger partial charge in [-0.15, -0.1) is 0 Å². The number of amides is 1. The van der Waals surface area contributed by atoms with Crippen LogP contribution in [-0.4, -0.2) is 98.8 Å².